The highest BCUT2D eigenvalue weighted by Gasteiger charge is 2.21. The normalized spacial score (nSPS) is 10.7. The maximum atomic E-state index is 5.49. The molecule has 0 radical (unpaired) electrons. The van der Waals surface area contributed by atoms with Gasteiger partial charge in [0.25, 0.3) is 0 Å². The quantitative estimate of drug-likeness (QED) is 0.215. The maximum Gasteiger partial charge on any atom is 0.119 e. The van der Waals surface area contributed by atoms with E-state index in [-0.39, 0.29) is 0 Å². The highest BCUT2D eigenvalue weighted by atomic mass is 16.5. The molecule has 0 saturated carbocycles. The van der Waals surface area contributed by atoms with Crippen LogP contribution in [0.3, 0.4) is 0 Å². The van der Waals surface area contributed by atoms with Crippen molar-refractivity contribution in [3.8, 4) is 39.1 Å². The molecule has 6 aromatic rings. The molecule has 0 N–H and O–H groups in total. The molecule has 0 bridgehead atoms. The van der Waals surface area contributed by atoms with Crippen molar-refractivity contribution in [1.82, 2.24) is 0 Å². The van der Waals surface area contributed by atoms with Crippen LogP contribution in [0, 0.1) is 0 Å². The summed E-state index contributed by atoms with van der Waals surface area (Å²) in [5, 5.41) is 0. The molecule has 39 heavy (non-hydrogen) atoms. The van der Waals surface area contributed by atoms with E-state index in [1.54, 1.807) is 7.11 Å². The van der Waals surface area contributed by atoms with Crippen LogP contribution in [0.2, 0.25) is 0 Å². The minimum absolute atomic E-state index is 0.831. The summed E-state index contributed by atoms with van der Waals surface area (Å²) in [4.78, 5) is 2.36. The largest absolute Gasteiger partial charge is 0.497 e. The minimum atomic E-state index is 0.831. The summed E-state index contributed by atoms with van der Waals surface area (Å²) in [6.07, 6.45) is 0. The third kappa shape index (κ3) is 5.05. The van der Waals surface area contributed by atoms with Crippen LogP contribution in [0.4, 0.5) is 17.1 Å². The molecule has 6 rings (SSSR count). The molecule has 0 aromatic heterocycles. The Morgan fingerprint density at radius 1 is 0.385 bits per heavy atom. The zero-order valence-corrected chi connectivity index (χ0v) is 21.9. The standard InChI is InChI=1S/C37H29NO/c1-39-34-26-24-33(25-27-34)38(32-22-20-29(21-23-32)28-12-5-2-6-13-28)37-35(30-14-7-3-8-15-30)18-11-19-36(37)31-16-9-4-10-17-31/h2-27H,1H3. The van der Waals surface area contributed by atoms with E-state index in [2.05, 4.69) is 150 Å². The first-order valence-electron chi connectivity index (χ1n) is 13.2. The van der Waals surface area contributed by atoms with Gasteiger partial charge in [0.05, 0.1) is 12.8 Å². The van der Waals surface area contributed by atoms with Gasteiger partial charge in [0.2, 0.25) is 0 Å². The van der Waals surface area contributed by atoms with Crippen LogP contribution in [0.1, 0.15) is 0 Å². The zero-order chi connectivity index (χ0) is 26.4. The van der Waals surface area contributed by atoms with Crippen molar-refractivity contribution < 1.29 is 4.74 Å². The van der Waals surface area contributed by atoms with Gasteiger partial charge in [-0.15, -0.1) is 0 Å². The van der Waals surface area contributed by atoms with Gasteiger partial charge in [-0.25, -0.2) is 0 Å². The Kier molecular flexibility index (Phi) is 6.92. The van der Waals surface area contributed by atoms with Crippen LogP contribution < -0.4 is 9.64 Å². The van der Waals surface area contributed by atoms with Crippen LogP contribution >= 0.6 is 0 Å². The fourth-order valence-electron chi connectivity index (χ4n) is 5.06. The third-order valence-electron chi connectivity index (χ3n) is 6.99. The van der Waals surface area contributed by atoms with Crippen LogP contribution in [-0.4, -0.2) is 7.11 Å². The summed E-state index contributed by atoms with van der Waals surface area (Å²) < 4.78 is 5.49. The summed E-state index contributed by atoms with van der Waals surface area (Å²) >= 11 is 0. The number of hydrogen-bond acceptors (Lipinski definition) is 2. The fourth-order valence-corrected chi connectivity index (χ4v) is 5.06. The molecule has 2 nitrogen and oxygen atoms in total. The topological polar surface area (TPSA) is 12.5 Å². The molecule has 0 aliphatic rings. The number of ether oxygens (including phenoxy) is 1. The lowest BCUT2D eigenvalue weighted by Gasteiger charge is -2.30. The summed E-state index contributed by atoms with van der Waals surface area (Å²) in [6, 6.07) is 55.4. The first kappa shape index (κ1) is 24.3. The smallest absolute Gasteiger partial charge is 0.119 e. The highest BCUT2D eigenvalue weighted by Crippen LogP contribution is 2.46. The van der Waals surface area contributed by atoms with Gasteiger partial charge in [0, 0.05) is 22.5 Å². The molecule has 0 fully saturated rings. The van der Waals surface area contributed by atoms with Gasteiger partial charge in [0.15, 0.2) is 0 Å². The maximum absolute atomic E-state index is 5.49. The molecule has 0 heterocycles. The molecule has 2 heteroatoms. The zero-order valence-electron chi connectivity index (χ0n) is 21.9. The Morgan fingerprint density at radius 3 is 1.26 bits per heavy atom. The lowest BCUT2D eigenvalue weighted by atomic mass is 9.94. The van der Waals surface area contributed by atoms with E-state index < -0.39 is 0 Å². The van der Waals surface area contributed by atoms with Crippen LogP contribution in [0.5, 0.6) is 5.75 Å². The molecule has 0 aliphatic carbocycles. The number of hydrogen-bond donors (Lipinski definition) is 0. The number of methoxy groups -OCH3 is 1. The Hall–Kier alpha value is -5.08. The van der Waals surface area contributed by atoms with E-state index in [1.165, 1.54) is 33.4 Å². The SMILES string of the molecule is COc1ccc(N(c2ccc(-c3ccccc3)cc2)c2c(-c3ccccc3)cccc2-c2ccccc2)cc1. The van der Waals surface area contributed by atoms with Crippen molar-refractivity contribution in [3.05, 3.63) is 158 Å². The number of benzene rings is 6. The highest BCUT2D eigenvalue weighted by molar-refractivity contribution is 5.97. The van der Waals surface area contributed by atoms with E-state index in [9.17, 15) is 0 Å². The Bertz CT molecular complexity index is 1590. The molecule has 0 unspecified atom stereocenters. The van der Waals surface area contributed by atoms with E-state index in [0.717, 1.165) is 22.8 Å². The van der Waals surface area contributed by atoms with Crippen LogP contribution in [-0.2, 0) is 0 Å². The lowest BCUT2D eigenvalue weighted by Crippen LogP contribution is -2.12. The van der Waals surface area contributed by atoms with Gasteiger partial charge in [-0.2, -0.15) is 0 Å². The van der Waals surface area contributed by atoms with Crippen molar-refractivity contribution >= 4 is 17.1 Å². The number of anilines is 3. The molecule has 0 amide bonds. The Morgan fingerprint density at radius 2 is 0.795 bits per heavy atom. The number of para-hydroxylation sites is 1. The summed E-state index contributed by atoms with van der Waals surface area (Å²) in [5.41, 5.74) is 10.3. The molecular formula is C37H29NO. The minimum Gasteiger partial charge on any atom is -0.497 e. The van der Waals surface area contributed by atoms with Gasteiger partial charge >= 0.3 is 0 Å². The van der Waals surface area contributed by atoms with Gasteiger partial charge in [-0.3, -0.25) is 0 Å². The van der Waals surface area contributed by atoms with Crippen LogP contribution in [0.25, 0.3) is 33.4 Å². The monoisotopic (exact) mass is 503 g/mol. The van der Waals surface area contributed by atoms with Crippen LogP contribution in [0.15, 0.2) is 158 Å². The fraction of sp³-hybridized carbons (Fsp3) is 0.0270. The van der Waals surface area contributed by atoms with Gasteiger partial charge in [-0.1, -0.05) is 121 Å². The molecular weight excluding hydrogens is 474 g/mol. The van der Waals surface area contributed by atoms with Crippen molar-refractivity contribution in [1.29, 1.82) is 0 Å². The van der Waals surface area contributed by atoms with E-state index in [1.807, 2.05) is 12.1 Å². The number of rotatable bonds is 7. The predicted octanol–water partition coefficient (Wildman–Crippen LogP) is 10.2. The summed E-state index contributed by atoms with van der Waals surface area (Å²) in [6.45, 7) is 0. The molecule has 6 aromatic carbocycles. The third-order valence-corrected chi connectivity index (χ3v) is 6.99. The predicted molar refractivity (Wildman–Crippen MR) is 164 cm³/mol. The lowest BCUT2D eigenvalue weighted by molar-refractivity contribution is 0.415. The average Bonchev–Trinajstić information content (AvgIpc) is 3.03. The molecule has 0 atom stereocenters. The second-order valence-electron chi connectivity index (χ2n) is 9.38. The average molecular weight is 504 g/mol. The van der Waals surface area contributed by atoms with E-state index >= 15 is 0 Å². The van der Waals surface area contributed by atoms with E-state index in [0.29, 0.717) is 0 Å². The molecule has 188 valence electrons. The van der Waals surface area contributed by atoms with Crippen molar-refractivity contribution in [2.75, 3.05) is 12.0 Å². The second kappa shape index (κ2) is 11.1. The van der Waals surface area contributed by atoms with Crippen molar-refractivity contribution in [2.24, 2.45) is 0 Å². The van der Waals surface area contributed by atoms with Crippen molar-refractivity contribution in [3.63, 3.8) is 0 Å². The summed E-state index contributed by atoms with van der Waals surface area (Å²) in [5.74, 6) is 0.831. The Balaban J connectivity index is 1.60. The number of nitrogens with zero attached hydrogens (tertiary/aromatic N) is 1. The van der Waals surface area contributed by atoms with Crippen molar-refractivity contribution in [2.45, 2.75) is 0 Å². The molecule has 0 aliphatic heterocycles. The van der Waals surface area contributed by atoms with E-state index in [4.69, 9.17) is 4.74 Å². The molecule has 0 saturated heterocycles. The van der Waals surface area contributed by atoms with Gasteiger partial charge in [-0.05, 0) is 58.7 Å². The summed E-state index contributed by atoms with van der Waals surface area (Å²) in [7, 11) is 1.70. The van der Waals surface area contributed by atoms with Gasteiger partial charge in [0.1, 0.15) is 5.75 Å². The van der Waals surface area contributed by atoms with Gasteiger partial charge < -0.3 is 9.64 Å². The first-order valence-corrected chi connectivity index (χ1v) is 13.2. The Labute approximate surface area is 230 Å². The second-order valence-corrected chi connectivity index (χ2v) is 9.38. The molecule has 0 spiro atoms. The first-order chi connectivity index (χ1) is 19.3.